The Labute approximate surface area is 154 Å². The molecular formula is C22H24N2O2. The van der Waals surface area contributed by atoms with E-state index in [9.17, 15) is 9.59 Å². The van der Waals surface area contributed by atoms with Crippen LogP contribution >= 0.6 is 0 Å². The van der Waals surface area contributed by atoms with E-state index >= 15 is 0 Å². The lowest BCUT2D eigenvalue weighted by Gasteiger charge is -2.34. The van der Waals surface area contributed by atoms with Crippen LogP contribution in [0.2, 0.25) is 0 Å². The Kier molecular flexibility index (Phi) is 4.74. The molecule has 0 aromatic heterocycles. The van der Waals surface area contributed by atoms with Gasteiger partial charge in [0.1, 0.15) is 6.04 Å². The summed E-state index contributed by atoms with van der Waals surface area (Å²) in [5.74, 6) is 0.0161. The Morgan fingerprint density at radius 2 is 1.69 bits per heavy atom. The molecule has 2 aliphatic rings. The minimum atomic E-state index is -0.629. The molecule has 2 amide bonds. The number of fused-ring (bicyclic) bond motifs is 1. The summed E-state index contributed by atoms with van der Waals surface area (Å²) in [4.78, 5) is 27.8. The topological polar surface area (TPSA) is 49.4 Å². The molecule has 0 bridgehead atoms. The van der Waals surface area contributed by atoms with Gasteiger partial charge in [-0.1, -0.05) is 55.0 Å². The van der Waals surface area contributed by atoms with Gasteiger partial charge in [0.2, 0.25) is 5.91 Å². The summed E-state index contributed by atoms with van der Waals surface area (Å²) in [7, 11) is 0. The maximum absolute atomic E-state index is 13.4. The molecule has 1 aliphatic heterocycles. The van der Waals surface area contributed by atoms with Crippen molar-refractivity contribution in [2.24, 2.45) is 5.92 Å². The molecule has 26 heavy (non-hydrogen) atoms. The number of hydrogen-bond donors (Lipinski definition) is 1. The van der Waals surface area contributed by atoms with Gasteiger partial charge in [-0.2, -0.15) is 0 Å². The number of amides is 2. The van der Waals surface area contributed by atoms with E-state index in [2.05, 4.69) is 11.4 Å². The molecule has 1 fully saturated rings. The van der Waals surface area contributed by atoms with Gasteiger partial charge in [0.25, 0.3) is 5.91 Å². The van der Waals surface area contributed by atoms with Gasteiger partial charge < -0.3 is 10.2 Å². The van der Waals surface area contributed by atoms with Crippen molar-refractivity contribution in [1.29, 1.82) is 0 Å². The summed E-state index contributed by atoms with van der Waals surface area (Å²) in [6.07, 6.45) is 4.88. The smallest absolute Gasteiger partial charge is 0.254 e. The fourth-order valence-electron chi connectivity index (χ4n) is 3.78. The van der Waals surface area contributed by atoms with E-state index in [1.54, 1.807) is 0 Å². The van der Waals surface area contributed by atoms with Crippen LogP contribution in [0, 0.1) is 5.92 Å². The third kappa shape index (κ3) is 3.24. The predicted octanol–water partition coefficient (Wildman–Crippen LogP) is 3.62. The highest BCUT2D eigenvalue weighted by Crippen LogP contribution is 2.31. The predicted molar refractivity (Wildman–Crippen MR) is 102 cm³/mol. The van der Waals surface area contributed by atoms with E-state index in [0.29, 0.717) is 6.54 Å². The first-order chi connectivity index (χ1) is 12.7. The summed E-state index contributed by atoms with van der Waals surface area (Å²) in [6.45, 7) is 0.693. The molecule has 134 valence electrons. The van der Waals surface area contributed by atoms with Crippen molar-refractivity contribution >= 4 is 17.5 Å². The summed E-state index contributed by atoms with van der Waals surface area (Å²) >= 11 is 0. The van der Waals surface area contributed by atoms with Crippen molar-refractivity contribution < 1.29 is 9.59 Å². The number of para-hydroxylation sites is 1. The molecule has 2 aromatic rings. The average molecular weight is 348 g/mol. The second kappa shape index (κ2) is 7.32. The van der Waals surface area contributed by atoms with Crippen LogP contribution in [0.3, 0.4) is 0 Å². The molecular weight excluding hydrogens is 324 g/mol. The van der Waals surface area contributed by atoms with Gasteiger partial charge in [0.05, 0.1) is 0 Å². The molecule has 0 radical (unpaired) electrons. The van der Waals surface area contributed by atoms with Gasteiger partial charge >= 0.3 is 0 Å². The standard InChI is InChI=1S/C22H24N2O2/c25-21(18-11-6-12-18)23-20(17-9-2-1-3-10-17)22(26)24-15-7-13-16-8-4-5-14-19(16)24/h1-5,8-10,14,18,20H,6-7,11-13,15H2,(H,23,25)/t20-/m0/s1. The maximum atomic E-state index is 13.4. The van der Waals surface area contributed by atoms with Crippen molar-refractivity contribution in [2.75, 3.05) is 11.4 Å². The van der Waals surface area contributed by atoms with E-state index in [1.807, 2.05) is 53.4 Å². The number of carbonyl (C=O) groups excluding carboxylic acids is 2. The van der Waals surface area contributed by atoms with Crippen LogP contribution in [-0.2, 0) is 16.0 Å². The van der Waals surface area contributed by atoms with Crippen molar-refractivity contribution in [1.82, 2.24) is 5.32 Å². The van der Waals surface area contributed by atoms with E-state index < -0.39 is 6.04 Å². The summed E-state index contributed by atoms with van der Waals surface area (Å²) in [5, 5.41) is 3.03. The number of rotatable bonds is 4. The lowest BCUT2D eigenvalue weighted by atomic mass is 9.84. The van der Waals surface area contributed by atoms with Crippen LogP contribution in [0.25, 0.3) is 0 Å². The molecule has 0 saturated heterocycles. The van der Waals surface area contributed by atoms with Crippen molar-refractivity contribution in [3.05, 3.63) is 65.7 Å². The van der Waals surface area contributed by atoms with Crippen LogP contribution in [0.4, 0.5) is 5.69 Å². The largest absolute Gasteiger partial charge is 0.340 e. The Hall–Kier alpha value is -2.62. The first-order valence-electron chi connectivity index (χ1n) is 9.48. The quantitative estimate of drug-likeness (QED) is 0.917. The second-order valence-corrected chi connectivity index (χ2v) is 7.20. The molecule has 4 nitrogen and oxygen atoms in total. The molecule has 4 rings (SSSR count). The van der Waals surface area contributed by atoms with Crippen molar-refractivity contribution in [3.63, 3.8) is 0 Å². The van der Waals surface area contributed by atoms with Crippen LogP contribution < -0.4 is 10.2 Å². The Morgan fingerprint density at radius 1 is 0.962 bits per heavy atom. The molecule has 2 aromatic carbocycles. The molecule has 1 heterocycles. The minimum absolute atomic E-state index is 0.00347. The number of benzene rings is 2. The number of nitrogens with zero attached hydrogens (tertiary/aromatic N) is 1. The summed E-state index contributed by atoms with van der Waals surface area (Å²) < 4.78 is 0. The monoisotopic (exact) mass is 348 g/mol. The highest BCUT2D eigenvalue weighted by atomic mass is 16.2. The van der Waals surface area contributed by atoms with E-state index in [0.717, 1.165) is 43.4 Å². The minimum Gasteiger partial charge on any atom is -0.340 e. The first-order valence-corrected chi connectivity index (χ1v) is 9.48. The molecule has 0 spiro atoms. The number of nitrogens with one attached hydrogen (secondary N) is 1. The van der Waals surface area contributed by atoms with Crippen LogP contribution in [-0.4, -0.2) is 18.4 Å². The van der Waals surface area contributed by atoms with Gasteiger partial charge in [0, 0.05) is 18.2 Å². The van der Waals surface area contributed by atoms with Crippen LogP contribution in [0.5, 0.6) is 0 Å². The zero-order valence-electron chi connectivity index (χ0n) is 14.9. The summed E-state index contributed by atoms with van der Waals surface area (Å²) in [6, 6.07) is 17.0. The average Bonchev–Trinajstić information content (AvgIpc) is 2.64. The fraction of sp³-hybridized carbons (Fsp3) is 0.364. The van der Waals surface area contributed by atoms with Gasteiger partial charge in [-0.25, -0.2) is 0 Å². The molecule has 4 heteroatoms. The Morgan fingerprint density at radius 3 is 2.42 bits per heavy atom. The Bertz CT molecular complexity index is 799. The molecule has 1 atom stereocenters. The van der Waals surface area contributed by atoms with Crippen LogP contribution in [0.15, 0.2) is 54.6 Å². The Balaban J connectivity index is 1.63. The lowest BCUT2D eigenvalue weighted by Crippen LogP contribution is -2.47. The highest BCUT2D eigenvalue weighted by molar-refractivity contribution is 6.00. The molecule has 0 unspecified atom stereocenters. The van der Waals surface area contributed by atoms with Crippen molar-refractivity contribution in [3.8, 4) is 0 Å². The number of aryl methyl sites for hydroxylation is 1. The van der Waals surface area contributed by atoms with E-state index in [1.165, 1.54) is 5.56 Å². The zero-order chi connectivity index (χ0) is 17.9. The van der Waals surface area contributed by atoms with Gasteiger partial charge in [0.15, 0.2) is 0 Å². The highest BCUT2D eigenvalue weighted by Gasteiger charge is 2.33. The van der Waals surface area contributed by atoms with Gasteiger partial charge in [-0.15, -0.1) is 0 Å². The first kappa shape index (κ1) is 16.8. The summed E-state index contributed by atoms with van der Waals surface area (Å²) in [5.41, 5.74) is 3.01. The molecule has 1 N–H and O–H groups in total. The normalized spacial score (nSPS) is 17.8. The molecule has 1 aliphatic carbocycles. The number of carbonyl (C=O) groups is 2. The second-order valence-electron chi connectivity index (χ2n) is 7.20. The van der Waals surface area contributed by atoms with Gasteiger partial charge in [-0.3, -0.25) is 9.59 Å². The zero-order valence-corrected chi connectivity index (χ0v) is 14.9. The van der Waals surface area contributed by atoms with Crippen LogP contribution in [0.1, 0.15) is 42.9 Å². The maximum Gasteiger partial charge on any atom is 0.254 e. The number of hydrogen-bond acceptors (Lipinski definition) is 2. The fourth-order valence-corrected chi connectivity index (χ4v) is 3.78. The van der Waals surface area contributed by atoms with E-state index in [-0.39, 0.29) is 17.7 Å². The lowest BCUT2D eigenvalue weighted by molar-refractivity contribution is -0.132. The van der Waals surface area contributed by atoms with Gasteiger partial charge in [-0.05, 0) is 42.9 Å². The number of anilines is 1. The van der Waals surface area contributed by atoms with E-state index in [4.69, 9.17) is 0 Å². The molecule has 1 saturated carbocycles. The third-order valence-corrected chi connectivity index (χ3v) is 5.52. The SMILES string of the molecule is O=C(N[C@H](C(=O)N1CCCc2ccccc21)c1ccccc1)C1CCC1. The third-order valence-electron chi connectivity index (χ3n) is 5.52. The van der Waals surface area contributed by atoms with Crippen molar-refractivity contribution in [2.45, 2.75) is 38.1 Å².